The molecule has 0 saturated carbocycles. The van der Waals surface area contributed by atoms with Crippen molar-refractivity contribution in [3.05, 3.63) is 69.7 Å². The molecule has 0 spiro atoms. The average Bonchev–Trinajstić information content (AvgIpc) is 3.24. The summed E-state index contributed by atoms with van der Waals surface area (Å²) in [5.41, 5.74) is 0.919. The fourth-order valence-corrected chi connectivity index (χ4v) is 6.38. The van der Waals surface area contributed by atoms with E-state index in [1.165, 1.54) is 4.90 Å². The third-order valence-electron chi connectivity index (χ3n) is 5.69. The molecule has 2 aliphatic rings. The van der Waals surface area contributed by atoms with Crippen molar-refractivity contribution in [1.29, 1.82) is 0 Å². The summed E-state index contributed by atoms with van der Waals surface area (Å²) in [6.45, 7) is 2.35. The molecule has 9 heteroatoms. The SMILES string of the molecule is CCOc1ccc(/C(O)=C2/C(=O)C(=O)N(C3CCS(=O)(=O)C3)C2c2cccc(Br)c2)cc1. The Labute approximate surface area is 194 Å². The quantitative estimate of drug-likeness (QED) is 0.368. The number of nitrogens with zero attached hydrogens (tertiary/aromatic N) is 1. The van der Waals surface area contributed by atoms with Gasteiger partial charge in [0.15, 0.2) is 9.84 Å². The second-order valence-electron chi connectivity index (χ2n) is 7.78. The maximum atomic E-state index is 13.1. The van der Waals surface area contributed by atoms with Crippen molar-refractivity contribution in [2.75, 3.05) is 18.1 Å². The molecule has 168 valence electrons. The first-order chi connectivity index (χ1) is 15.2. The van der Waals surface area contributed by atoms with Crippen molar-refractivity contribution >= 4 is 43.2 Å². The molecule has 2 fully saturated rings. The molecule has 1 N–H and O–H groups in total. The normalized spacial score (nSPS) is 24.1. The molecule has 0 radical (unpaired) electrons. The summed E-state index contributed by atoms with van der Waals surface area (Å²) in [5, 5.41) is 11.1. The Hall–Kier alpha value is -2.65. The number of likely N-dealkylation sites (tertiary alicyclic amines) is 1. The number of aliphatic hydroxyl groups excluding tert-OH is 1. The number of ether oxygens (including phenoxy) is 1. The van der Waals surface area contributed by atoms with Crippen LogP contribution in [0.4, 0.5) is 0 Å². The van der Waals surface area contributed by atoms with E-state index in [-0.39, 0.29) is 29.3 Å². The van der Waals surface area contributed by atoms with E-state index in [2.05, 4.69) is 15.9 Å². The van der Waals surface area contributed by atoms with Crippen LogP contribution >= 0.6 is 15.9 Å². The maximum absolute atomic E-state index is 13.1. The van der Waals surface area contributed by atoms with Crippen LogP contribution in [0.3, 0.4) is 0 Å². The highest BCUT2D eigenvalue weighted by Crippen LogP contribution is 2.42. The van der Waals surface area contributed by atoms with Crippen molar-refractivity contribution in [2.24, 2.45) is 0 Å². The van der Waals surface area contributed by atoms with Gasteiger partial charge in [-0.05, 0) is 55.3 Å². The first kappa shape index (κ1) is 22.5. The van der Waals surface area contributed by atoms with Crippen molar-refractivity contribution in [1.82, 2.24) is 4.90 Å². The number of carbonyl (C=O) groups excluding carboxylic acids is 2. The van der Waals surface area contributed by atoms with Gasteiger partial charge in [0.25, 0.3) is 11.7 Å². The lowest BCUT2D eigenvalue weighted by molar-refractivity contribution is -0.141. The molecule has 2 aliphatic heterocycles. The number of amides is 1. The second kappa shape index (κ2) is 8.71. The smallest absolute Gasteiger partial charge is 0.295 e. The molecule has 2 unspecified atom stereocenters. The van der Waals surface area contributed by atoms with Crippen molar-refractivity contribution in [2.45, 2.75) is 25.4 Å². The molecule has 2 aromatic carbocycles. The predicted molar refractivity (Wildman–Crippen MR) is 123 cm³/mol. The van der Waals surface area contributed by atoms with E-state index >= 15 is 0 Å². The van der Waals surface area contributed by atoms with Crippen molar-refractivity contribution in [3.63, 3.8) is 0 Å². The van der Waals surface area contributed by atoms with E-state index in [0.29, 0.717) is 23.5 Å². The summed E-state index contributed by atoms with van der Waals surface area (Å²) >= 11 is 3.41. The molecule has 32 heavy (non-hydrogen) atoms. The molecule has 0 aromatic heterocycles. The zero-order valence-corrected chi connectivity index (χ0v) is 19.7. The largest absolute Gasteiger partial charge is 0.507 e. The van der Waals surface area contributed by atoms with Crippen LogP contribution in [0.25, 0.3) is 5.76 Å². The van der Waals surface area contributed by atoms with Gasteiger partial charge in [-0.3, -0.25) is 9.59 Å². The minimum absolute atomic E-state index is 0.0369. The number of hydrogen-bond donors (Lipinski definition) is 1. The van der Waals surface area contributed by atoms with E-state index in [9.17, 15) is 23.1 Å². The molecule has 7 nitrogen and oxygen atoms in total. The Morgan fingerprint density at radius 3 is 2.50 bits per heavy atom. The molecule has 1 amide bonds. The first-order valence-electron chi connectivity index (χ1n) is 10.2. The molecule has 2 saturated heterocycles. The lowest BCUT2D eigenvalue weighted by atomic mass is 9.94. The zero-order chi connectivity index (χ0) is 23.0. The third-order valence-corrected chi connectivity index (χ3v) is 7.93. The van der Waals surface area contributed by atoms with Gasteiger partial charge < -0.3 is 14.7 Å². The summed E-state index contributed by atoms with van der Waals surface area (Å²) in [6, 6.07) is 12.1. The van der Waals surface area contributed by atoms with Crippen molar-refractivity contribution < 1.29 is 27.9 Å². The molecule has 4 rings (SSSR count). The maximum Gasteiger partial charge on any atom is 0.295 e. The number of rotatable bonds is 5. The Morgan fingerprint density at radius 2 is 1.91 bits per heavy atom. The zero-order valence-electron chi connectivity index (χ0n) is 17.3. The lowest BCUT2D eigenvalue weighted by Gasteiger charge is -2.30. The van der Waals surface area contributed by atoms with Crippen LogP contribution in [0.5, 0.6) is 5.75 Å². The number of sulfone groups is 1. The molecule has 2 heterocycles. The number of benzene rings is 2. The Balaban J connectivity index is 1.85. The molecular weight excluding hydrogens is 498 g/mol. The summed E-state index contributed by atoms with van der Waals surface area (Å²) in [5.74, 6) is -1.56. The van der Waals surface area contributed by atoms with Crippen LogP contribution in [-0.2, 0) is 19.4 Å². The highest BCUT2D eigenvalue weighted by Gasteiger charge is 2.50. The van der Waals surface area contributed by atoms with Crippen LogP contribution in [-0.4, -0.2) is 54.3 Å². The minimum atomic E-state index is -3.29. The second-order valence-corrected chi connectivity index (χ2v) is 10.9. The van der Waals surface area contributed by atoms with E-state index in [4.69, 9.17) is 4.74 Å². The van der Waals surface area contributed by atoms with Gasteiger partial charge in [-0.2, -0.15) is 0 Å². The van der Waals surface area contributed by atoms with Gasteiger partial charge in [-0.1, -0.05) is 28.1 Å². The topological polar surface area (TPSA) is 101 Å². The Morgan fingerprint density at radius 1 is 1.19 bits per heavy atom. The number of aliphatic hydroxyl groups is 1. The monoisotopic (exact) mass is 519 g/mol. The number of carbonyl (C=O) groups is 2. The Bertz CT molecular complexity index is 1210. The van der Waals surface area contributed by atoms with Crippen LogP contribution in [0, 0.1) is 0 Å². The number of Topliss-reactive ketones (excluding diaryl/α,β-unsaturated/α-hetero) is 1. The van der Waals surface area contributed by atoms with E-state index in [1.54, 1.807) is 42.5 Å². The third kappa shape index (κ3) is 4.19. The number of hydrogen-bond acceptors (Lipinski definition) is 6. The molecular formula is C23H22BrNO6S. The van der Waals surface area contributed by atoms with Gasteiger partial charge in [0, 0.05) is 16.1 Å². The van der Waals surface area contributed by atoms with Crippen LogP contribution in [0.1, 0.15) is 30.5 Å². The highest BCUT2D eigenvalue weighted by atomic mass is 79.9. The van der Waals surface area contributed by atoms with Gasteiger partial charge in [0.05, 0.1) is 29.7 Å². The van der Waals surface area contributed by atoms with E-state index in [1.807, 2.05) is 13.0 Å². The Kier molecular flexibility index (Phi) is 6.13. The number of halogens is 1. The fourth-order valence-electron chi connectivity index (χ4n) is 4.26. The average molecular weight is 520 g/mol. The highest BCUT2D eigenvalue weighted by molar-refractivity contribution is 9.10. The summed E-state index contributed by atoms with van der Waals surface area (Å²) in [6.07, 6.45) is 0.253. The fraction of sp³-hybridized carbons (Fsp3) is 0.304. The standard InChI is InChI=1S/C23H22BrNO6S/c1-2-31-18-8-6-14(7-9-18)21(26)19-20(15-4-3-5-16(24)12-15)25(23(28)22(19)27)17-10-11-32(29,30)13-17/h3-9,12,17,20,26H,2,10-11,13H2,1H3/b21-19-. The van der Waals surface area contributed by atoms with Gasteiger partial charge in [-0.25, -0.2) is 8.42 Å². The molecule has 2 atom stereocenters. The molecule has 0 bridgehead atoms. The van der Waals surface area contributed by atoms with Crippen LogP contribution < -0.4 is 4.74 Å². The van der Waals surface area contributed by atoms with Crippen LogP contribution in [0.2, 0.25) is 0 Å². The van der Waals surface area contributed by atoms with Crippen LogP contribution in [0.15, 0.2) is 58.6 Å². The van der Waals surface area contributed by atoms with E-state index in [0.717, 1.165) is 4.47 Å². The summed E-state index contributed by atoms with van der Waals surface area (Å²) < 4.78 is 30.4. The summed E-state index contributed by atoms with van der Waals surface area (Å²) in [4.78, 5) is 27.5. The van der Waals surface area contributed by atoms with Gasteiger partial charge in [0.1, 0.15) is 11.5 Å². The van der Waals surface area contributed by atoms with E-state index < -0.39 is 33.6 Å². The predicted octanol–water partition coefficient (Wildman–Crippen LogP) is 3.46. The van der Waals surface area contributed by atoms with Crippen molar-refractivity contribution in [3.8, 4) is 5.75 Å². The van der Waals surface area contributed by atoms with Gasteiger partial charge in [-0.15, -0.1) is 0 Å². The van der Waals surface area contributed by atoms with Gasteiger partial charge >= 0.3 is 0 Å². The first-order valence-corrected chi connectivity index (χ1v) is 12.8. The molecule has 0 aliphatic carbocycles. The lowest BCUT2D eigenvalue weighted by Crippen LogP contribution is -2.40. The number of ketones is 1. The van der Waals surface area contributed by atoms with Gasteiger partial charge in [0.2, 0.25) is 0 Å². The minimum Gasteiger partial charge on any atom is -0.507 e. The summed E-state index contributed by atoms with van der Waals surface area (Å²) in [7, 11) is -3.29. The molecule has 2 aromatic rings.